The maximum atomic E-state index is 12.8. The van der Waals surface area contributed by atoms with E-state index in [-0.39, 0.29) is 17.6 Å². The quantitative estimate of drug-likeness (QED) is 0.576. The Balaban J connectivity index is 0.000000364. The zero-order chi connectivity index (χ0) is 25.1. The van der Waals surface area contributed by atoms with Crippen molar-refractivity contribution in [2.45, 2.75) is 37.3 Å². The number of fused-ring (bicyclic) bond motifs is 1. The molecule has 0 bridgehead atoms. The average molecular weight is 491 g/mol. The summed E-state index contributed by atoms with van der Waals surface area (Å²) in [6, 6.07) is 15.7. The van der Waals surface area contributed by atoms with Gasteiger partial charge in [0.1, 0.15) is 11.3 Å². The molecule has 5 rings (SSSR count). The monoisotopic (exact) mass is 491 g/mol. The number of alkyl halides is 3. The highest BCUT2D eigenvalue weighted by molar-refractivity contribution is 5.98. The first-order valence-corrected chi connectivity index (χ1v) is 11.0. The Morgan fingerprint density at radius 1 is 1.20 bits per heavy atom. The molecule has 0 radical (unpaired) electrons. The number of aromatic amines is 1. The summed E-state index contributed by atoms with van der Waals surface area (Å²) in [5, 5.41) is 8.18. The van der Waals surface area contributed by atoms with Crippen LogP contribution in [0.4, 0.5) is 13.2 Å². The minimum absolute atomic E-state index is 0.0296. The van der Waals surface area contributed by atoms with Crippen molar-refractivity contribution in [3.05, 3.63) is 66.1 Å². The Kier molecular flexibility index (Phi) is 7.08. The number of amides is 1. The number of aromatic nitrogens is 2. The third kappa shape index (κ3) is 5.98. The Labute approximate surface area is 198 Å². The van der Waals surface area contributed by atoms with Crippen LogP contribution < -0.4 is 0 Å². The fourth-order valence-corrected chi connectivity index (χ4v) is 4.18. The standard InChI is InChI=1S/C22H23N3O3.C2HF3O2/c26-21(20-11-16-5-1-2-7-19(16)24-20)25-14-22(15-25)12-18(8-10-28-22)27-13-17-6-3-4-9-23-17;3-2(4,5)1(6)7/h1-7,9,11,18,24H,8,10,12-15H2;(H,6,7). The molecule has 1 aromatic carbocycles. The lowest BCUT2D eigenvalue weighted by atomic mass is 9.84. The maximum Gasteiger partial charge on any atom is 0.490 e. The van der Waals surface area contributed by atoms with Gasteiger partial charge in [0.2, 0.25) is 0 Å². The number of carboxylic acid groups (broad SMARTS) is 1. The van der Waals surface area contributed by atoms with Gasteiger partial charge in [-0.1, -0.05) is 24.3 Å². The van der Waals surface area contributed by atoms with E-state index in [1.807, 2.05) is 53.4 Å². The minimum atomic E-state index is -5.08. The molecule has 1 amide bonds. The number of para-hydroxylation sites is 1. The van der Waals surface area contributed by atoms with Crippen molar-refractivity contribution in [3.8, 4) is 0 Å². The van der Waals surface area contributed by atoms with Crippen molar-refractivity contribution in [2.75, 3.05) is 19.7 Å². The molecule has 0 saturated carbocycles. The number of halogens is 3. The third-order valence-electron chi connectivity index (χ3n) is 5.89. The summed E-state index contributed by atoms with van der Waals surface area (Å²) in [5.74, 6) is -2.73. The molecule has 35 heavy (non-hydrogen) atoms. The fraction of sp³-hybridized carbons (Fsp3) is 0.375. The van der Waals surface area contributed by atoms with E-state index >= 15 is 0 Å². The first-order chi connectivity index (χ1) is 16.7. The second-order valence-corrected chi connectivity index (χ2v) is 8.51. The van der Waals surface area contributed by atoms with Crippen molar-refractivity contribution >= 4 is 22.8 Å². The van der Waals surface area contributed by atoms with Crippen LogP contribution in [0.2, 0.25) is 0 Å². The second kappa shape index (κ2) is 10.0. The highest BCUT2D eigenvalue weighted by atomic mass is 19.4. The Bertz CT molecular complexity index is 1140. The molecule has 2 fully saturated rings. The summed E-state index contributed by atoms with van der Waals surface area (Å²) in [4.78, 5) is 31.1. The molecule has 2 aliphatic heterocycles. The van der Waals surface area contributed by atoms with Crippen molar-refractivity contribution < 1.29 is 37.3 Å². The molecule has 186 valence electrons. The molecule has 8 nitrogen and oxygen atoms in total. The number of hydrogen-bond donors (Lipinski definition) is 2. The number of aliphatic carboxylic acids is 1. The number of carbonyl (C=O) groups is 2. The molecule has 3 aromatic rings. The van der Waals surface area contributed by atoms with Crippen LogP contribution in [-0.2, 0) is 20.9 Å². The summed E-state index contributed by atoms with van der Waals surface area (Å²) < 4.78 is 43.9. The molecule has 2 N–H and O–H groups in total. The van der Waals surface area contributed by atoms with Crippen LogP contribution in [0.25, 0.3) is 10.9 Å². The van der Waals surface area contributed by atoms with Crippen LogP contribution in [0.15, 0.2) is 54.7 Å². The zero-order valence-corrected chi connectivity index (χ0v) is 18.6. The number of carbonyl (C=O) groups excluding carboxylic acids is 1. The fourth-order valence-electron chi connectivity index (χ4n) is 4.18. The molecular formula is C24H24F3N3O5. The number of rotatable bonds is 4. The van der Waals surface area contributed by atoms with Crippen LogP contribution in [0, 0.1) is 0 Å². The van der Waals surface area contributed by atoms with Gasteiger partial charge in [-0.2, -0.15) is 13.2 Å². The van der Waals surface area contributed by atoms with Gasteiger partial charge >= 0.3 is 12.1 Å². The molecule has 1 atom stereocenters. The van der Waals surface area contributed by atoms with Gasteiger partial charge in [0.05, 0.1) is 31.5 Å². The second-order valence-electron chi connectivity index (χ2n) is 8.51. The molecule has 0 aliphatic carbocycles. The van der Waals surface area contributed by atoms with E-state index in [2.05, 4.69) is 9.97 Å². The Morgan fingerprint density at radius 2 is 1.91 bits per heavy atom. The molecule has 2 aromatic heterocycles. The van der Waals surface area contributed by atoms with E-state index in [1.54, 1.807) is 6.20 Å². The lowest BCUT2D eigenvalue weighted by Crippen LogP contribution is -2.67. The number of H-pyrrole nitrogens is 1. The summed E-state index contributed by atoms with van der Waals surface area (Å²) in [6.45, 7) is 2.41. The zero-order valence-electron chi connectivity index (χ0n) is 18.6. The van der Waals surface area contributed by atoms with Gasteiger partial charge in [0.25, 0.3) is 5.91 Å². The molecule has 2 saturated heterocycles. The largest absolute Gasteiger partial charge is 0.490 e. The number of nitrogens with one attached hydrogen (secondary N) is 1. The van der Waals surface area contributed by atoms with E-state index in [0.29, 0.717) is 32.0 Å². The van der Waals surface area contributed by atoms with E-state index in [1.165, 1.54) is 0 Å². The van der Waals surface area contributed by atoms with Crippen molar-refractivity contribution in [2.24, 2.45) is 0 Å². The summed E-state index contributed by atoms with van der Waals surface area (Å²) >= 11 is 0. The van der Waals surface area contributed by atoms with Crippen LogP contribution in [0.3, 0.4) is 0 Å². The molecule has 11 heteroatoms. The van der Waals surface area contributed by atoms with Gasteiger partial charge in [-0.25, -0.2) is 4.79 Å². The van der Waals surface area contributed by atoms with Crippen molar-refractivity contribution in [1.29, 1.82) is 0 Å². The summed E-state index contributed by atoms with van der Waals surface area (Å²) in [5.41, 5.74) is 2.29. The molecule has 2 aliphatic rings. The highest BCUT2D eigenvalue weighted by Gasteiger charge is 2.50. The van der Waals surface area contributed by atoms with E-state index < -0.39 is 12.1 Å². The molecule has 1 spiro atoms. The lowest BCUT2D eigenvalue weighted by molar-refractivity contribution is -0.192. The number of nitrogens with zero attached hydrogens (tertiary/aromatic N) is 2. The lowest BCUT2D eigenvalue weighted by Gasteiger charge is -2.52. The third-order valence-corrected chi connectivity index (χ3v) is 5.89. The smallest absolute Gasteiger partial charge is 0.475 e. The van der Waals surface area contributed by atoms with E-state index in [9.17, 15) is 18.0 Å². The number of benzene rings is 1. The van der Waals surface area contributed by atoms with Crippen LogP contribution in [0.5, 0.6) is 0 Å². The number of ether oxygens (including phenoxy) is 2. The topological polar surface area (TPSA) is 105 Å². The predicted molar refractivity (Wildman–Crippen MR) is 119 cm³/mol. The summed E-state index contributed by atoms with van der Waals surface area (Å²) in [6.07, 6.45) is -1.47. The van der Waals surface area contributed by atoms with Gasteiger partial charge < -0.3 is 24.5 Å². The number of hydrogen-bond acceptors (Lipinski definition) is 5. The molecule has 1 unspecified atom stereocenters. The maximum absolute atomic E-state index is 12.8. The molecule has 4 heterocycles. The highest BCUT2D eigenvalue weighted by Crippen LogP contribution is 2.36. The van der Waals surface area contributed by atoms with Crippen molar-refractivity contribution in [1.82, 2.24) is 14.9 Å². The minimum Gasteiger partial charge on any atom is -0.475 e. The predicted octanol–water partition coefficient (Wildman–Crippen LogP) is 3.79. The van der Waals surface area contributed by atoms with Gasteiger partial charge in [0, 0.05) is 30.1 Å². The summed E-state index contributed by atoms with van der Waals surface area (Å²) in [7, 11) is 0. The average Bonchev–Trinajstić information content (AvgIpc) is 3.26. The first-order valence-electron chi connectivity index (χ1n) is 11.0. The van der Waals surface area contributed by atoms with Crippen LogP contribution in [0.1, 0.15) is 29.0 Å². The SMILES string of the molecule is O=C(O)C(F)(F)F.O=C(c1cc2ccccc2[nH]1)N1CC2(CC(OCc3ccccn3)CCO2)C1. The Hall–Kier alpha value is -3.44. The number of carboxylic acids is 1. The Morgan fingerprint density at radius 3 is 2.57 bits per heavy atom. The van der Waals surface area contributed by atoms with Gasteiger partial charge in [-0.15, -0.1) is 0 Å². The number of pyridine rings is 1. The normalized spacial score (nSPS) is 19.1. The molecular weight excluding hydrogens is 467 g/mol. The van der Waals surface area contributed by atoms with E-state index in [4.69, 9.17) is 19.4 Å². The number of likely N-dealkylation sites (tertiary alicyclic amines) is 1. The first kappa shape index (κ1) is 24.7. The van der Waals surface area contributed by atoms with Gasteiger partial charge in [-0.3, -0.25) is 9.78 Å². The van der Waals surface area contributed by atoms with Crippen LogP contribution in [-0.4, -0.2) is 69.4 Å². The van der Waals surface area contributed by atoms with E-state index in [0.717, 1.165) is 29.4 Å². The van der Waals surface area contributed by atoms with Crippen LogP contribution >= 0.6 is 0 Å². The van der Waals surface area contributed by atoms with Gasteiger partial charge in [-0.05, 0) is 30.7 Å². The van der Waals surface area contributed by atoms with Crippen molar-refractivity contribution in [3.63, 3.8) is 0 Å². The van der Waals surface area contributed by atoms with Gasteiger partial charge in [0.15, 0.2) is 0 Å².